The molecule has 286 valence electrons. The van der Waals surface area contributed by atoms with Gasteiger partial charge in [0.2, 0.25) is 0 Å². The molecule has 0 aliphatic heterocycles. The number of ether oxygens (including phenoxy) is 9. The summed E-state index contributed by atoms with van der Waals surface area (Å²) in [5.74, 6) is -0.0971. The summed E-state index contributed by atoms with van der Waals surface area (Å²) >= 11 is 0. The van der Waals surface area contributed by atoms with Gasteiger partial charge < -0.3 is 47.9 Å². The molecular formula is C39H59NO11. The Labute approximate surface area is 303 Å². The van der Waals surface area contributed by atoms with Crippen LogP contribution in [-0.2, 0) is 47.4 Å². The van der Waals surface area contributed by atoms with Crippen LogP contribution in [-0.4, -0.2) is 124 Å². The molecule has 2 aromatic rings. The van der Waals surface area contributed by atoms with E-state index in [9.17, 15) is 9.59 Å². The van der Waals surface area contributed by atoms with Crippen molar-refractivity contribution in [2.24, 2.45) is 5.92 Å². The Kier molecular flexibility index (Phi) is 22.8. The topological polar surface area (TPSA) is 129 Å². The zero-order valence-electron chi connectivity index (χ0n) is 30.6. The molecule has 12 nitrogen and oxygen atoms in total. The lowest BCUT2D eigenvalue weighted by Gasteiger charge is -2.14. The van der Waals surface area contributed by atoms with Gasteiger partial charge in [-0.15, -0.1) is 0 Å². The van der Waals surface area contributed by atoms with Gasteiger partial charge in [0, 0.05) is 12.5 Å². The first-order chi connectivity index (χ1) is 25.2. The molecule has 1 unspecified atom stereocenters. The highest BCUT2D eigenvalue weighted by Crippen LogP contribution is 2.44. The van der Waals surface area contributed by atoms with Crippen LogP contribution in [0.5, 0.6) is 0 Å². The van der Waals surface area contributed by atoms with Crippen LogP contribution in [0.2, 0.25) is 0 Å². The van der Waals surface area contributed by atoms with Gasteiger partial charge in [0.25, 0.3) is 0 Å². The number of fused-ring (bicyclic) bond motifs is 3. The summed E-state index contributed by atoms with van der Waals surface area (Å²) in [6.07, 6.45) is 3.36. The van der Waals surface area contributed by atoms with E-state index in [-0.39, 0.29) is 31.0 Å². The summed E-state index contributed by atoms with van der Waals surface area (Å²) in [7, 11) is 0. The van der Waals surface area contributed by atoms with Crippen molar-refractivity contribution in [3.05, 3.63) is 59.7 Å². The Balaban J connectivity index is 0.994. The first kappa shape index (κ1) is 42.3. The highest BCUT2D eigenvalue weighted by molar-refractivity contribution is 5.79. The first-order valence-corrected chi connectivity index (χ1v) is 18.4. The standard InChI is InChI=1S/C39H59NO11/c1-3-5-10-32(4-2)38(41)50-30-29-49-28-27-48-26-25-47-24-23-46-22-21-45-20-19-44-18-17-43-16-15-40-39(42)51-31-37-35-13-8-6-11-33(35)34-12-7-9-14-36(34)37/h6-9,11-14,32,37H,3-5,10,15-31H2,1-2H3,(H,40,42). The van der Waals surface area contributed by atoms with Gasteiger partial charge in [-0.1, -0.05) is 75.2 Å². The average Bonchev–Trinajstić information content (AvgIpc) is 3.47. The molecule has 1 aliphatic rings. The van der Waals surface area contributed by atoms with Crippen LogP contribution in [0.25, 0.3) is 11.1 Å². The Morgan fingerprint density at radius 1 is 0.588 bits per heavy atom. The molecule has 0 fully saturated rings. The summed E-state index contributed by atoms with van der Waals surface area (Å²) < 4.78 is 49.3. The number of carbonyl (C=O) groups is 2. The van der Waals surface area contributed by atoms with Gasteiger partial charge in [-0.3, -0.25) is 4.79 Å². The van der Waals surface area contributed by atoms with Gasteiger partial charge in [0.1, 0.15) is 13.2 Å². The Morgan fingerprint density at radius 2 is 1.02 bits per heavy atom. The van der Waals surface area contributed by atoms with Crippen molar-refractivity contribution in [3.63, 3.8) is 0 Å². The number of amides is 1. The van der Waals surface area contributed by atoms with Crippen LogP contribution in [0.3, 0.4) is 0 Å². The summed E-state index contributed by atoms with van der Waals surface area (Å²) in [6.45, 7) is 11.3. The van der Waals surface area contributed by atoms with Gasteiger partial charge in [0.15, 0.2) is 0 Å². The van der Waals surface area contributed by atoms with E-state index < -0.39 is 6.09 Å². The zero-order chi connectivity index (χ0) is 36.2. The molecule has 1 amide bonds. The van der Waals surface area contributed by atoms with E-state index in [1.165, 1.54) is 22.3 Å². The van der Waals surface area contributed by atoms with Crippen LogP contribution in [0.15, 0.2) is 48.5 Å². The van der Waals surface area contributed by atoms with Gasteiger partial charge in [-0.25, -0.2) is 4.79 Å². The maximum atomic E-state index is 12.2. The van der Waals surface area contributed by atoms with Crippen molar-refractivity contribution in [2.45, 2.75) is 45.4 Å². The van der Waals surface area contributed by atoms with Crippen LogP contribution < -0.4 is 5.32 Å². The molecule has 1 atom stereocenters. The number of esters is 1. The molecule has 0 heterocycles. The molecule has 0 radical (unpaired) electrons. The van der Waals surface area contributed by atoms with Gasteiger partial charge in [-0.05, 0) is 35.1 Å². The number of nitrogens with one attached hydrogen (secondary N) is 1. The van der Waals surface area contributed by atoms with E-state index >= 15 is 0 Å². The van der Waals surface area contributed by atoms with E-state index in [1.807, 2.05) is 31.2 Å². The Morgan fingerprint density at radius 3 is 1.47 bits per heavy atom. The van der Waals surface area contributed by atoms with Crippen molar-refractivity contribution < 1.29 is 52.2 Å². The number of alkyl carbamates (subject to hydrolysis) is 1. The van der Waals surface area contributed by atoms with Crippen LogP contribution in [0.4, 0.5) is 4.79 Å². The third kappa shape index (κ3) is 17.3. The minimum Gasteiger partial charge on any atom is -0.463 e. The number of rotatable bonds is 31. The molecule has 3 rings (SSSR count). The number of carbonyl (C=O) groups excluding carboxylic acids is 2. The predicted molar refractivity (Wildman–Crippen MR) is 193 cm³/mol. The molecule has 0 bridgehead atoms. The SMILES string of the molecule is CCCCC(CC)C(=O)OCCOCCOCCOCCOCCOCCOCCOCCNC(=O)OCC1c2ccccc2-c2ccccc21. The van der Waals surface area contributed by atoms with E-state index in [0.717, 1.165) is 25.7 Å². The molecule has 12 heteroatoms. The lowest BCUT2D eigenvalue weighted by Crippen LogP contribution is -2.29. The number of hydrogen-bond donors (Lipinski definition) is 1. The second-order valence-corrected chi connectivity index (χ2v) is 12.0. The largest absolute Gasteiger partial charge is 0.463 e. The fraction of sp³-hybridized carbons (Fsp3) is 0.641. The van der Waals surface area contributed by atoms with E-state index in [1.54, 1.807) is 0 Å². The number of unbranched alkanes of at least 4 members (excludes halogenated alkanes) is 1. The average molecular weight is 718 g/mol. The van der Waals surface area contributed by atoms with Crippen molar-refractivity contribution in [1.82, 2.24) is 5.32 Å². The minimum atomic E-state index is -0.454. The molecule has 0 spiro atoms. The van der Waals surface area contributed by atoms with Gasteiger partial charge in [0.05, 0.1) is 98.4 Å². The highest BCUT2D eigenvalue weighted by atomic mass is 16.6. The molecule has 0 saturated carbocycles. The van der Waals surface area contributed by atoms with Crippen molar-refractivity contribution in [2.75, 3.05) is 112 Å². The quantitative estimate of drug-likeness (QED) is 0.0795. The van der Waals surface area contributed by atoms with Gasteiger partial charge >= 0.3 is 12.1 Å². The number of hydrogen-bond acceptors (Lipinski definition) is 11. The Bertz CT molecular complexity index is 1170. The summed E-state index contributed by atoms with van der Waals surface area (Å²) in [4.78, 5) is 24.3. The number of benzene rings is 2. The monoisotopic (exact) mass is 717 g/mol. The maximum Gasteiger partial charge on any atom is 0.407 e. The lowest BCUT2D eigenvalue weighted by atomic mass is 9.98. The third-order valence-corrected chi connectivity index (χ3v) is 8.30. The maximum absolute atomic E-state index is 12.2. The van der Waals surface area contributed by atoms with E-state index in [4.69, 9.17) is 42.6 Å². The molecular weight excluding hydrogens is 658 g/mol. The fourth-order valence-electron chi connectivity index (χ4n) is 5.55. The van der Waals surface area contributed by atoms with E-state index in [2.05, 4.69) is 36.5 Å². The van der Waals surface area contributed by atoms with Crippen molar-refractivity contribution >= 4 is 12.1 Å². The lowest BCUT2D eigenvalue weighted by molar-refractivity contribution is -0.150. The minimum absolute atomic E-state index is 0.00901. The van der Waals surface area contributed by atoms with Crippen molar-refractivity contribution in [3.8, 4) is 11.1 Å². The third-order valence-electron chi connectivity index (χ3n) is 8.30. The molecule has 0 saturated heterocycles. The highest BCUT2D eigenvalue weighted by Gasteiger charge is 2.29. The molecule has 51 heavy (non-hydrogen) atoms. The fourth-order valence-corrected chi connectivity index (χ4v) is 5.55. The molecule has 2 aromatic carbocycles. The van der Waals surface area contributed by atoms with E-state index in [0.29, 0.717) is 99.0 Å². The predicted octanol–water partition coefficient (Wildman–Crippen LogP) is 5.40. The van der Waals surface area contributed by atoms with Crippen LogP contribution >= 0.6 is 0 Å². The summed E-state index contributed by atoms with van der Waals surface area (Å²) in [5.41, 5.74) is 4.77. The van der Waals surface area contributed by atoms with Crippen LogP contribution in [0.1, 0.15) is 56.6 Å². The second kappa shape index (κ2) is 27.5. The Hall–Kier alpha value is -3.10. The van der Waals surface area contributed by atoms with Crippen molar-refractivity contribution in [1.29, 1.82) is 0 Å². The second-order valence-electron chi connectivity index (χ2n) is 12.0. The van der Waals surface area contributed by atoms with Gasteiger partial charge in [-0.2, -0.15) is 0 Å². The molecule has 1 N–H and O–H groups in total. The zero-order valence-corrected chi connectivity index (χ0v) is 30.6. The molecule has 1 aliphatic carbocycles. The smallest absolute Gasteiger partial charge is 0.407 e. The molecule has 0 aromatic heterocycles. The summed E-state index contributed by atoms with van der Waals surface area (Å²) in [6, 6.07) is 16.5. The first-order valence-electron chi connectivity index (χ1n) is 18.4. The summed E-state index contributed by atoms with van der Waals surface area (Å²) in [5, 5.41) is 2.74. The normalized spacial score (nSPS) is 12.7. The van der Waals surface area contributed by atoms with Crippen LogP contribution in [0, 0.1) is 5.92 Å².